The van der Waals surface area contributed by atoms with E-state index in [1.807, 2.05) is 39.4 Å². The SMILES string of the molecule is CCC(C)(CO)NC(=O)CCc1c(C)nn(C)c1C. The number of rotatable bonds is 6. The minimum atomic E-state index is -0.518. The van der Waals surface area contributed by atoms with Gasteiger partial charge in [0.05, 0.1) is 17.8 Å². The first kappa shape index (κ1) is 15.7. The molecule has 0 saturated heterocycles. The van der Waals surface area contributed by atoms with Crippen molar-refractivity contribution in [1.29, 1.82) is 0 Å². The van der Waals surface area contributed by atoms with Gasteiger partial charge in [0, 0.05) is 19.2 Å². The van der Waals surface area contributed by atoms with Crippen molar-refractivity contribution in [1.82, 2.24) is 15.1 Å². The molecule has 0 spiro atoms. The largest absolute Gasteiger partial charge is 0.394 e. The Hall–Kier alpha value is -1.36. The van der Waals surface area contributed by atoms with Crippen LogP contribution in [-0.2, 0) is 18.3 Å². The maximum Gasteiger partial charge on any atom is 0.220 e. The van der Waals surface area contributed by atoms with Gasteiger partial charge < -0.3 is 10.4 Å². The zero-order valence-electron chi connectivity index (χ0n) is 12.6. The highest BCUT2D eigenvalue weighted by atomic mass is 16.3. The summed E-state index contributed by atoms with van der Waals surface area (Å²) in [5.41, 5.74) is 2.70. The predicted octanol–water partition coefficient (Wildman–Crippen LogP) is 1.25. The Balaban J connectivity index is 2.60. The molecule has 0 bridgehead atoms. The number of amides is 1. The summed E-state index contributed by atoms with van der Waals surface area (Å²) in [6.07, 6.45) is 1.81. The van der Waals surface area contributed by atoms with Crippen LogP contribution in [0.3, 0.4) is 0 Å². The average molecular weight is 267 g/mol. The predicted molar refractivity (Wildman–Crippen MR) is 74.9 cm³/mol. The third-order valence-electron chi connectivity index (χ3n) is 3.83. The second-order valence-corrected chi connectivity index (χ2v) is 5.39. The van der Waals surface area contributed by atoms with Gasteiger partial charge in [-0.1, -0.05) is 6.92 Å². The normalized spacial score (nSPS) is 14.2. The maximum atomic E-state index is 11.9. The quantitative estimate of drug-likeness (QED) is 0.815. The van der Waals surface area contributed by atoms with Crippen LogP contribution >= 0.6 is 0 Å². The summed E-state index contributed by atoms with van der Waals surface area (Å²) in [7, 11) is 1.91. The molecule has 1 rings (SSSR count). The molecule has 0 saturated carbocycles. The van der Waals surface area contributed by atoms with Crippen LogP contribution in [0, 0.1) is 13.8 Å². The zero-order chi connectivity index (χ0) is 14.6. The van der Waals surface area contributed by atoms with Gasteiger partial charge in [0.1, 0.15) is 0 Å². The summed E-state index contributed by atoms with van der Waals surface area (Å²) in [6.45, 7) is 7.73. The molecular weight excluding hydrogens is 242 g/mol. The molecule has 19 heavy (non-hydrogen) atoms. The zero-order valence-corrected chi connectivity index (χ0v) is 12.6. The summed E-state index contributed by atoms with van der Waals surface area (Å²) in [4.78, 5) is 11.9. The highest BCUT2D eigenvalue weighted by molar-refractivity contribution is 5.77. The van der Waals surface area contributed by atoms with Crippen LogP contribution in [0.1, 0.15) is 43.6 Å². The van der Waals surface area contributed by atoms with Gasteiger partial charge >= 0.3 is 0 Å². The van der Waals surface area contributed by atoms with Gasteiger partial charge in [0.15, 0.2) is 0 Å². The summed E-state index contributed by atoms with van der Waals surface area (Å²) in [6, 6.07) is 0. The molecule has 0 aliphatic carbocycles. The van der Waals surface area contributed by atoms with Crippen molar-refractivity contribution in [2.24, 2.45) is 7.05 Å². The van der Waals surface area contributed by atoms with Crippen LogP contribution in [0.25, 0.3) is 0 Å². The van der Waals surface area contributed by atoms with Gasteiger partial charge in [0.2, 0.25) is 5.91 Å². The van der Waals surface area contributed by atoms with Gasteiger partial charge in [-0.05, 0) is 39.2 Å². The van der Waals surface area contributed by atoms with E-state index in [0.29, 0.717) is 19.3 Å². The van der Waals surface area contributed by atoms with Crippen LogP contribution in [0.15, 0.2) is 0 Å². The van der Waals surface area contributed by atoms with Crippen molar-refractivity contribution >= 4 is 5.91 Å². The Kier molecular flexibility index (Phi) is 5.11. The third kappa shape index (κ3) is 3.80. The van der Waals surface area contributed by atoms with E-state index in [1.54, 1.807) is 0 Å². The van der Waals surface area contributed by atoms with E-state index in [-0.39, 0.29) is 12.5 Å². The molecule has 1 aromatic heterocycles. The van der Waals surface area contributed by atoms with Crippen molar-refractivity contribution in [2.45, 2.75) is 52.5 Å². The molecule has 1 unspecified atom stereocenters. The highest BCUT2D eigenvalue weighted by Crippen LogP contribution is 2.15. The van der Waals surface area contributed by atoms with Crippen molar-refractivity contribution in [3.05, 3.63) is 17.0 Å². The fraction of sp³-hybridized carbons (Fsp3) is 0.714. The first-order chi connectivity index (χ1) is 8.83. The van der Waals surface area contributed by atoms with E-state index in [4.69, 9.17) is 0 Å². The molecule has 0 aliphatic heterocycles. The first-order valence-corrected chi connectivity index (χ1v) is 6.74. The van der Waals surface area contributed by atoms with E-state index in [2.05, 4.69) is 10.4 Å². The van der Waals surface area contributed by atoms with Gasteiger partial charge in [-0.2, -0.15) is 5.10 Å². The summed E-state index contributed by atoms with van der Waals surface area (Å²) >= 11 is 0. The molecule has 2 N–H and O–H groups in total. The molecule has 1 amide bonds. The minimum absolute atomic E-state index is 0.0268. The van der Waals surface area contributed by atoms with E-state index in [1.165, 1.54) is 0 Å². The number of aryl methyl sites for hydroxylation is 2. The van der Waals surface area contributed by atoms with Gasteiger partial charge in [0.25, 0.3) is 0 Å². The first-order valence-electron chi connectivity index (χ1n) is 6.74. The third-order valence-corrected chi connectivity index (χ3v) is 3.83. The number of nitrogens with zero attached hydrogens (tertiary/aromatic N) is 2. The highest BCUT2D eigenvalue weighted by Gasteiger charge is 2.23. The molecule has 0 aliphatic rings. The minimum Gasteiger partial charge on any atom is -0.394 e. The Morgan fingerprint density at radius 3 is 2.53 bits per heavy atom. The molecule has 0 radical (unpaired) electrons. The van der Waals surface area contributed by atoms with Gasteiger partial charge in [-0.25, -0.2) is 0 Å². The van der Waals surface area contributed by atoms with E-state index in [9.17, 15) is 9.90 Å². The number of aromatic nitrogens is 2. The smallest absolute Gasteiger partial charge is 0.220 e. The fourth-order valence-corrected chi connectivity index (χ4v) is 2.06. The average Bonchev–Trinajstić information content (AvgIpc) is 2.61. The topological polar surface area (TPSA) is 67.2 Å². The maximum absolute atomic E-state index is 11.9. The van der Waals surface area contributed by atoms with Crippen molar-refractivity contribution in [3.63, 3.8) is 0 Å². The van der Waals surface area contributed by atoms with Crippen LogP contribution < -0.4 is 5.32 Å². The molecular formula is C14H25N3O2. The van der Waals surface area contributed by atoms with Crippen molar-refractivity contribution in [3.8, 4) is 0 Å². The fourth-order valence-electron chi connectivity index (χ4n) is 2.06. The lowest BCUT2D eigenvalue weighted by Crippen LogP contribution is -2.48. The molecule has 5 heteroatoms. The van der Waals surface area contributed by atoms with Crippen LogP contribution in [0.4, 0.5) is 0 Å². The number of aliphatic hydroxyl groups excluding tert-OH is 1. The molecule has 0 fully saturated rings. The standard InChI is InChI=1S/C14H25N3O2/c1-6-14(4,9-18)15-13(19)8-7-12-10(2)16-17(5)11(12)3/h18H,6-9H2,1-5H3,(H,15,19). The molecule has 1 atom stereocenters. The number of carbonyl (C=O) groups excluding carboxylic acids is 1. The Morgan fingerprint density at radius 2 is 2.11 bits per heavy atom. The summed E-state index contributed by atoms with van der Waals surface area (Å²) < 4.78 is 1.84. The second-order valence-electron chi connectivity index (χ2n) is 5.39. The lowest BCUT2D eigenvalue weighted by Gasteiger charge is -2.27. The van der Waals surface area contributed by atoms with Crippen LogP contribution in [-0.4, -0.2) is 32.9 Å². The van der Waals surface area contributed by atoms with E-state index < -0.39 is 5.54 Å². The summed E-state index contributed by atoms with van der Waals surface area (Å²) in [5, 5.41) is 16.5. The molecule has 5 nitrogen and oxygen atoms in total. The molecule has 1 aromatic rings. The van der Waals surface area contributed by atoms with Crippen molar-refractivity contribution < 1.29 is 9.90 Å². The summed E-state index contributed by atoms with van der Waals surface area (Å²) in [5.74, 6) is -0.0268. The van der Waals surface area contributed by atoms with Gasteiger partial charge in [-0.3, -0.25) is 9.48 Å². The molecule has 108 valence electrons. The number of hydrogen-bond acceptors (Lipinski definition) is 3. The lowest BCUT2D eigenvalue weighted by atomic mass is 9.99. The van der Waals surface area contributed by atoms with Crippen molar-refractivity contribution in [2.75, 3.05) is 6.61 Å². The second kappa shape index (κ2) is 6.19. The number of carbonyl (C=O) groups is 1. The molecule has 1 heterocycles. The van der Waals surface area contributed by atoms with Gasteiger partial charge in [-0.15, -0.1) is 0 Å². The Morgan fingerprint density at radius 1 is 1.47 bits per heavy atom. The number of hydrogen-bond donors (Lipinski definition) is 2. The van der Waals surface area contributed by atoms with Crippen LogP contribution in [0.5, 0.6) is 0 Å². The lowest BCUT2D eigenvalue weighted by molar-refractivity contribution is -0.123. The van der Waals surface area contributed by atoms with E-state index in [0.717, 1.165) is 17.0 Å². The number of aliphatic hydroxyl groups is 1. The Bertz CT molecular complexity index is 448. The number of nitrogens with one attached hydrogen (secondary N) is 1. The Labute approximate surface area is 115 Å². The molecule has 0 aromatic carbocycles. The van der Waals surface area contributed by atoms with E-state index >= 15 is 0 Å². The monoisotopic (exact) mass is 267 g/mol. The van der Waals surface area contributed by atoms with Crippen LogP contribution in [0.2, 0.25) is 0 Å².